The number of aldehydes is 1. The number of benzene rings is 3. The maximum Gasteiger partial charge on any atom is 0.419 e. The number of nitrogens with zero attached hydrogens (tertiary/aromatic N) is 1. The third kappa shape index (κ3) is 5.05. The fourth-order valence-electron chi connectivity index (χ4n) is 5.04. The zero-order valence-corrected chi connectivity index (χ0v) is 21.6. The van der Waals surface area contributed by atoms with Gasteiger partial charge in [0, 0.05) is 23.9 Å². The zero-order chi connectivity index (χ0) is 26.9. The van der Waals surface area contributed by atoms with E-state index in [-0.39, 0.29) is 18.9 Å². The summed E-state index contributed by atoms with van der Waals surface area (Å²) < 4.78 is 12.6. The van der Waals surface area contributed by atoms with E-state index in [4.69, 9.17) is 9.47 Å². The quantitative estimate of drug-likeness (QED) is 0.318. The zero-order valence-electron chi connectivity index (χ0n) is 21.6. The number of fused-ring (bicyclic) bond motifs is 4. The Balaban J connectivity index is 1.28. The maximum atomic E-state index is 12.8. The van der Waals surface area contributed by atoms with Gasteiger partial charge >= 0.3 is 12.2 Å². The van der Waals surface area contributed by atoms with E-state index in [0.717, 1.165) is 33.2 Å². The van der Waals surface area contributed by atoms with Crippen LogP contribution in [0, 0.1) is 0 Å². The number of carbonyl (C=O) groups is 3. The SMILES string of the molecule is CC(C)(C)OC(=O)n1cc(CC(C=O)NC(=O)OCC2c3ccccc3-c3ccccc32)c2ccccc21. The van der Waals surface area contributed by atoms with Crippen LogP contribution in [0.3, 0.4) is 0 Å². The van der Waals surface area contributed by atoms with Crippen LogP contribution < -0.4 is 5.32 Å². The summed E-state index contributed by atoms with van der Waals surface area (Å²) >= 11 is 0. The van der Waals surface area contributed by atoms with E-state index in [2.05, 4.69) is 29.6 Å². The lowest BCUT2D eigenvalue weighted by Gasteiger charge is -2.19. The van der Waals surface area contributed by atoms with Crippen LogP contribution in [0.2, 0.25) is 0 Å². The molecule has 1 heterocycles. The highest BCUT2D eigenvalue weighted by Crippen LogP contribution is 2.44. The van der Waals surface area contributed by atoms with Crippen molar-refractivity contribution in [3.63, 3.8) is 0 Å². The Hall–Kier alpha value is -4.39. The number of rotatable bonds is 6. The molecule has 3 aromatic carbocycles. The van der Waals surface area contributed by atoms with E-state index in [1.807, 2.05) is 48.5 Å². The van der Waals surface area contributed by atoms with Gasteiger partial charge in [-0.25, -0.2) is 9.59 Å². The molecule has 1 unspecified atom stereocenters. The van der Waals surface area contributed by atoms with Gasteiger partial charge in [0.15, 0.2) is 0 Å². The first-order chi connectivity index (χ1) is 18.2. The van der Waals surface area contributed by atoms with Crippen LogP contribution in [0.5, 0.6) is 0 Å². The monoisotopic (exact) mass is 510 g/mol. The third-order valence-corrected chi connectivity index (χ3v) is 6.64. The van der Waals surface area contributed by atoms with Crippen molar-refractivity contribution in [1.29, 1.82) is 0 Å². The molecule has 1 atom stereocenters. The summed E-state index contributed by atoms with van der Waals surface area (Å²) in [6.07, 6.45) is 1.37. The lowest BCUT2D eigenvalue weighted by molar-refractivity contribution is -0.109. The molecule has 1 aliphatic carbocycles. The molecular formula is C31H30N2O5. The first-order valence-corrected chi connectivity index (χ1v) is 12.6. The second kappa shape index (κ2) is 10.2. The Morgan fingerprint density at radius 3 is 2.18 bits per heavy atom. The normalized spacial score (nSPS) is 13.4. The summed E-state index contributed by atoms with van der Waals surface area (Å²) in [6.45, 7) is 5.57. The minimum atomic E-state index is -0.830. The van der Waals surface area contributed by atoms with Gasteiger partial charge in [-0.3, -0.25) is 4.57 Å². The first kappa shape index (κ1) is 25.3. The highest BCUT2D eigenvalue weighted by Gasteiger charge is 2.29. The van der Waals surface area contributed by atoms with Gasteiger partial charge in [-0.1, -0.05) is 66.7 Å². The number of carbonyl (C=O) groups excluding carboxylic acids is 3. The van der Waals surface area contributed by atoms with Gasteiger partial charge < -0.3 is 19.6 Å². The minimum Gasteiger partial charge on any atom is -0.449 e. The molecule has 0 fully saturated rings. The average molecular weight is 511 g/mol. The minimum absolute atomic E-state index is 0.0744. The fraction of sp³-hybridized carbons (Fsp3) is 0.258. The molecule has 7 heteroatoms. The van der Waals surface area contributed by atoms with Crippen LogP contribution in [-0.4, -0.2) is 41.3 Å². The Bertz CT molecular complexity index is 1470. The third-order valence-electron chi connectivity index (χ3n) is 6.64. The largest absolute Gasteiger partial charge is 0.449 e. The molecule has 5 rings (SSSR count). The van der Waals surface area contributed by atoms with Crippen LogP contribution in [0.1, 0.15) is 43.4 Å². The summed E-state index contributed by atoms with van der Waals surface area (Å²) in [7, 11) is 0. The number of alkyl carbamates (subject to hydrolysis) is 1. The molecule has 0 bridgehead atoms. The second-order valence-electron chi connectivity index (χ2n) is 10.4. The lowest BCUT2D eigenvalue weighted by atomic mass is 9.98. The molecule has 1 N–H and O–H groups in total. The molecule has 0 radical (unpaired) electrons. The smallest absolute Gasteiger partial charge is 0.419 e. The number of hydrogen-bond donors (Lipinski definition) is 1. The first-order valence-electron chi connectivity index (χ1n) is 12.6. The van der Waals surface area contributed by atoms with Crippen molar-refractivity contribution in [3.8, 4) is 11.1 Å². The van der Waals surface area contributed by atoms with E-state index in [1.165, 1.54) is 4.57 Å². The van der Waals surface area contributed by atoms with Crippen LogP contribution >= 0.6 is 0 Å². The van der Waals surface area contributed by atoms with Crippen molar-refractivity contribution < 1.29 is 23.9 Å². The van der Waals surface area contributed by atoms with Gasteiger partial charge in [0.25, 0.3) is 0 Å². The van der Waals surface area contributed by atoms with Crippen molar-refractivity contribution in [2.45, 2.75) is 44.8 Å². The number of nitrogens with one attached hydrogen (secondary N) is 1. The van der Waals surface area contributed by atoms with Crippen LogP contribution in [0.15, 0.2) is 79.0 Å². The van der Waals surface area contributed by atoms with Gasteiger partial charge in [-0.2, -0.15) is 0 Å². The predicted octanol–water partition coefficient (Wildman–Crippen LogP) is 6.07. The summed E-state index contributed by atoms with van der Waals surface area (Å²) in [6, 6.07) is 22.8. The van der Waals surface area contributed by atoms with E-state index in [0.29, 0.717) is 11.8 Å². The molecule has 1 amide bonds. The summed E-state index contributed by atoms with van der Waals surface area (Å²) in [5.41, 5.74) is 5.27. The summed E-state index contributed by atoms with van der Waals surface area (Å²) in [4.78, 5) is 37.5. The lowest BCUT2D eigenvalue weighted by Crippen LogP contribution is -2.38. The van der Waals surface area contributed by atoms with E-state index >= 15 is 0 Å². The molecule has 0 spiro atoms. The van der Waals surface area contributed by atoms with Crippen molar-refractivity contribution in [3.05, 3.63) is 95.7 Å². The van der Waals surface area contributed by atoms with Gasteiger partial charge in [-0.15, -0.1) is 0 Å². The maximum absolute atomic E-state index is 12.8. The van der Waals surface area contributed by atoms with Crippen molar-refractivity contribution in [2.75, 3.05) is 6.61 Å². The molecule has 7 nitrogen and oxygen atoms in total. The van der Waals surface area contributed by atoms with Crippen molar-refractivity contribution >= 4 is 29.4 Å². The Morgan fingerprint density at radius 1 is 0.947 bits per heavy atom. The highest BCUT2D eigenvalue weighted by molar-refractivity contribution is 5.92. The second-order valence-corrected chi connectivity index (χ2v) is 10.4. The van der Waals surface area contributed by atoms with Crippen molar-refractivity contribution in [1.82, 2.24) is 9.88 Å². The number of ether oxygens (including phenoxy) is 2. The molecular weight excluding hydrogens is 480 g/mol. The number of para-hydroxylation sites is 1. The summed E-state index contributed by atoms with van der Waals surface area (Å²) in [5.74, 6) is -0.0744. The van der Waals surface area contributed by atoms with Crippen LogP contribution in [0.25, 0.3) is 22.0 Å². The number of hydrogen-bond acceptors (Lipinski definition) is 5. The fourth-order valence-corrected chi connectivity index (χ4v) is 5.04. The van der Waals surface area contributed by atoms with Gasteiger partial charge in [-0.05, 0) is 54.7 Å². The molecule has 1 aromatic heterocycles. The van der Waals surface area contributed by atoms with Gasteiger partial charge in [0.05, 0.1) is 11.6 Å². The molecule has 38 heavy (non-hydrogen) atoms. The predicted molar refractivity (Wildman–Crippen MR) is 145 cm³/mol. The standard InChI is InChI=1S/C31H30N2O5/c1-31(2,3)38-30(36)33-17-20(22-10-8-9-15-28(22)33)16-21(18-34)32-29(35)37-19-27-25-13-6-4-11-23(25)24-12-5-7-14-26(24)27/h4-15,17-18,21,27H,16,19H2,1-3H3,(H,32,35). The van der Waals surface area contributed by atoms with Crippen molar-refractivity contribution in [2.24, 2.45) is 0 Å². The molecule has 1 aliphatic rings. The molecule has 0 saturated carbocycles. The molecule has 0 aliphatic heterocycles. The molecule has 0 saturated heterocycles. The van der Waals surface area contributed by atoms with E-state index in [1.54, 1.807) is 27.0 Å². The topological polar surface area (TPSA) is 86.6 Å². The van der Waals surface area contributed by atoms with Gasteiger partial charge in [0.1, 0.15) is 18.5 Å². The Morgan fingerprint density at radius 2 is 1.55 bits per heavy atom. The number of aromatic nitrogens is 1. The molecule has 194 valence electrons. The summed E-state index contributed by atoms with van der Waals surface area (Å²) in [5, 5.41) is 3.48. The van der Waals surface area contributed by atoms with E-state index < -0.39 is 23.8 Å². The van der Waals surface area contributed by atoms with E-state index in [9.17, 15) is 14.4 Å². The average Bonchev–Trinajstić information content (AvgIpc) is 3.42. The van der Waals surface area contributed by atoms with Crippen LogP contribution in [-0.2, 0) is 20.7 Å². The van der Waals surface area contributed by atoms with Gasteiger partial charge in [0.2, 0.25) is 0 Å². The Labute approximate surface area is 221 Å². The Kier molecular flexibility index (Phi) is 6.76. The highest BCUT2D eigenvalue weighted by atomic mass is 16.6. The molecule has 4 aromatic rings. The van der Waals surface area contributed by atoms with Crippen LogP contribution in [0.4, 0.5) is 9.59 Å². The number of amides is 1.